The topological polar surface area (TPSA) is 69.0 Å². The number of benzene rings is 1. The van der Waals surface area contributed by atoms with Gasteiger partial charge < -0.3 is 10.1 Å². The molecule has 0 aliphatic carbocycles. The molecule has 1 N–H and O–H groups in total. The second-order valence-electron chi connectivity index (χ2n) is 4.40. The number of rotatable bonds is 6. The SMILES string of the molecule is COc1ccccc1CCNC(=O)[C@@H](C)n1cncn1. The van der Waals surface area contributed by atoms with Crippen molar-refractivity contribution < 1.29 is 9.53 Å². The summed E-state index contributed by atoms with van der Waals surface area (Å²) in [6, 6.07) is 7.42. The number of para-hydroxylation sites is 1. The molecule has 1 amide bonds. The van der Waals surface area contributed by atoms with E-state index in [2.05, 4.69) is 15.4 Å². The zero-order valence-corrected chi connectivity index (χ0v) is 11.6. The van der Waals surface area contributed by atoms with Gasteiger partial charge in [-0.2, -0.15) is 5.10 Å². The quantitative estimate of drug-likeness (QED) is 0.859. The summed E-state index contributed by atoms with van der Waals surface area (Å²) in [4.78, 5) is 15.8. The molecular weight excluding hydrogens is 256 g/mol. The van der Waals surface area contributed by atoms with Crippen molar-refractivity contribution in [1.29, 1.82) is 0 Å². The monoisotopic (exact) mass is 274 g/mol. The Morgan fingerprint density at radius 2 is 2.25 bits per heavy atom. The lowest BCUT2D eigenvalue weighted by Crippen LogP contribution is -2.32. The zero-order valence-electron chi connectivity index (χ0n) is 11.6. The molecule has 0 aliphatic heterocycles. The highest BCUT2D eigenvalue weighted by molar-refractivity contribution is 5.79. The number of aromatic nitrogens is 3. The first-order valence-electron chi connectivity index (χ1n) is 6.46. The van der Waals surface area contributed by atoms with Gasteiger partial charge in [0.25, 0.3) is 0 Å². The molecule has 0 bridgehead atoms. The van der Waals surface area contributed by atoms with Crippen LogP contribution in [0.25, 0.3) is 0 Å². The average molecular weight is 274 g/mol. The number of nitrogens with one attached hydrogen (secondary N) is 1. The first kappa shape index (κ1) is 14.0. The van der Waals surface area contributed by atoms with Gasteiger partial charge in [0.2, 0.25) is 5.91 Å². The molecule has 106 valence electrons. The lowest BCUT2D eigenvalue weighted by atomic mass is 10.1. The molecule has 0 saturated carbocycles. The fraction of sp³-hybridized carbons (Fsp3) is 0.357. The van der Waals surface area contributed by atoms with Gasteiger partial charge in [0, 0.05) is 6.54 Å². The van der Waals surface area contributed by atoms with Gasteiger partial charge in [-0.1, -0.05) is 18.2 Å². The van der Waals surface area contributed by atoms with Crippen LogP contribution in [0.5, 0.6) is 5.75 Å². The highest BCUT2D eigenvalue weighted by Crippen LogP contribution is 2.17. The summed E-state index contributed by atoms with van der Waals surface area (Å²) < 4.78 is 6.80. The van der Waals surface area contributed by atoms with Crippen molar-refractivity contribution in [3.63, 3.8) is 0 Å². The molecule has 0 spiro atoms. The van der Waals surface area contributed by atoms with Crippen LogP contribution < -0.4 is 10.1 Å². The smallest absolute Gasteiger partial charge is 0.244 e. The van der Waals surface area contributed by atoms with Crippen molar-refractivity contribution in [3.8, 4) is 5.75 Å². The van der Waals surface area contributed by atoms with Crippen molar-refractivity contribution in [2.75, 3.05) is 13.7 Å². The lowest BCUT2D eigenvalue weighted by molar-refractivity contribution is -0.124. The van der Waals surface area contributed by atoms with Crippen molar-refractivity contribution in [2.24, 2.45) is 0 Å². The highest BCUT2D eigenvalue weighted by Gasteiger charge is 2.14. The predicted molar refractivity (Wildman–Crippen MR) is 74.4 cm³/mol. The molecule has 2 aromatic rings. The van der Waals surface area contributed by atoms with Gasteiger partial charge in [0.15, 0.2) is 0 Å². The number of ether oxygens (including phenoxy) is 1. The number of carbonyl (C=O) groups is 1. The van der Waals surface area contributed by atoms with Crippen LogP contribution in [-0.4, -0.2) is 34.3 Å². The summed E-state index contributed by atoms with van der Waals surface area (Å²) >= 11 is 0. The van der Waals surface area contributed by atoms with E-state index in [0.29, 0.717) is 6.54 Å². The Labute approximate surface area is 117 Å². The fourth-order valence-electron chi connectivity index (χ4n) is 1.92. The molecule has 1 aromatic heterocycles. The minimum atomic E-state index is -0.366. The van der Waals surface area contributed by atoms with E-state index in [0.717, 1.165) is 17.7 Å². The molecule has 0 fully saturated rings. The van der Waals surface area contributed by atoms with Gasteiger partial charge in [-0.15, -0.1) is 0 Å². The molecule has 1 atom stereocenters. The number of methoxy groups -OCH3 is 1. The van der Waals surface area contributed by atoms with E-state index in [9.17, 15) is 4.79 Å². The van der Waals surface area contributed by atoms with Crippen LogP contribution in [0.15, 0.2) is 36.9 Å². The molecule has 0 aliphatic rings. The van der Waals surface area contributed by atoms with Crippen molar-refractivity contribution >= 4 is 5.91 Å². The van der Waals surface area contributed by atoms with Crippen molar-refractivity contribution in [3.05, 3.63) is 42.5 Å². The Hall–Kier alpha value is -2.37. The maximum Gasteiger partial charge on any atom is 0.244 e. The second kappa shape index (κ2) is 6.70. The minimum Gasteiger partial charge on any atom is -0.496 e. The lowest BCUT2D eigenvalue weighted by Gasteiger charge is -2.13. The highest BCUT2D eigenvalue weighted by atomic mass is 16.5. The maximum absolute atomic E-state index is 12.0. The van der Waals surface area contributed by atoms with E-state index in [4.69, 9.17) is 4.74 Å². The Kier molecular flexibility index (Phi) is 4.70. The van der Waals surface area contributed by atoms with Gasteiger partial charge in [-0.05, 0) is 25.0 Å². The third-order valence-electron chi connectivity index (χ3n) is 3.10. The largest absolute Gasteiger partial charge is 0.496 e. The molecule has 0 unspecified atom stereocenters. The molecular formula is C14H18N4O2. The Morgan fingerprint density at radius 1 is 1.45 bits per heavy atom. The van der Waals surface area contributed by atoms with E-state index in [1.807, 2.05) is 24.3 Å². The van der Waals surface area contributed by atoms with Gasteiger partial charge in [-0.3, -0.25) is 4.79 Å². The van der Waals surface area contributed by atoms with E-state index < -0.39 is 0 Å². The summed E-state index contributed by atoms with van der Waals surface area (Å²) in [7, 11) is 1.64. The second-order valence-corrected chi connectivity index (χ2v) is 4.40. The third kappa shape index (κ3) is 3.34. The fourth-order valence-corrected chi connectivity index (χ4v) is 1.92. The molecule has 1 heterocycles. The predicted octanol–water partition coefficient (Wildman–Crippen LogP) is 1.21. The zero-order chi connectivity index (χ0) is 14.4. The van der Waals surface area contributed by atoms with Crippen LogP contribution in [0.2, 0.25) is 0 Å². The van der Waals surface area contributed by atoms with Crippen LogP contribution in [0.4, 0.5) is 0 Å². The Balaban J connectivity index is 1.85. The number of hydrogen-bond donors (Lipinski definition) is 1. The maximum atomic E-state index is 12.0. The number of amides is 1. The summed E-state index contributed by atoms with van der Waals surface area (Å²) in [5.41, 5.74) is 1.07. The van der Waals surface area contributed by atoms with Crippen LogP contribution in [0, 0.1) is 0 Å². The Morgan fingerprint density at radius 3 is 2.95 bits per heavy atom. The molecule has 0 saturated heterocycles. The first-order valence-corrected chi connectivity index (χ1v) is 6.46. The molecule has 6 heteroatoms. The number of hydrogen-bond acceptors (Lipinski definition) is 4. The van der Waals surface area contributed by atoms with Crippen molar-refractivity contribution in [2.45, 2.75) is 19.4 Å². The van der Waals surface area contributed by atoms with Crippen molar-refractivity contribution in [1.82, 2.24) is 20.1 Å². The van der Waals surface area contributed by atoms with Gasteiger partial charge in [0.05, 0.1) is 7.11 Å². The molecule has 2 rings (SSSR count). The van der Waals surface area contributed by atoms with Gasteiger partial charge in [-0.25, -0.2) is 9.67 Å². The van der Waals surface area contributed by atoms with Crippen LogP contribution in [-0.2, 0) is 11.2 Å². The molecule has 6 nitrogen and oxygen atoms in total. The van der Waals surface area contributed by atoms with Crippen LogP contribution in [0.1, 0.15) is 18.5 Å². The first-order chi connectivity index (χ1) is 9.72. The van der Waals surface area contributed by atoms with E-state index in [1.54, 1.807) is 14.0 Å². The molecule has 1 aromatic carbocycles. The number of carbonyl (C=O) groups excluding carboxylic acids is 1. The summed E-state index contributed by atoms with van der Waals surface area (Å²) in [5, 5.41) is 6.84. The summed E-state index contributed by atoms with van der Waals surface area (Å²) in [5.74, 6) is 0.761. The number of nitrogens with zero attached hydrogens (tertiary/aromatic N) is 3. The Bertz CT molecular complexity index is 554. The summed E-state index contributed by atoms with van der Waals surface area (Å²) in [6.07, 6.45) is 3.67. The average Bonchev–Trinajstić information content (AvgIpc) is 3.01. The van der Waals surface area contributed by atoms with E-state index in [1.165, 1.54) is 17.3 Å². The molecule has 20 heavy (non-hydrogen) atoms. The van der Waals surface area contributed by atoms with E-state index >= 15 is 0 Å². The standard InChI is InChI=1S/C14H18N4O2/c1-11(18-10-15-9-17-18)14(19)16-8-7-12-5-3-4-6-13(12)20-2/h3-6,9-11H,7-8H2,1-2H3,(H,16,19)/t11-/m1/s1. The summed E-state index contributed by atoms with van der Waals surface area (Å²) in [6.45, 7) is 2.34. The van der Waals surface area contributed by atoms with Gasteiger partial charge >= 0.3 is 0 Å². The van der Waals surface area contributed by atoms with Crippen LogP contribution >= 0.6 is 0 Å². The van der Waals surface area contributed by atoms with Gasteiger partial charge in [0.1, 0.15) is 24.4 Å². The van der Waals surface area contributed by atoms with Crippen LogP contribution in [0.3, 0.4) is 0 Å². The van der Waals surface area contributed by atoms with E-state index in [-0.39, 0.29) is 11.9 Å². The molecule has 0 radical (unpaired) electrons. The minimum absolute atomic E-state index is 0.0783. The normalized spacial score (nSPS) is 11.9. The third-order valence-corrected chi connectivity index (χ3v) is 3.10.